The van der Waals surface area contributed by atoms with Gasteiger partial charge in [0.25, 0.3) is 0 Å². The lowest BCUT2D eigenvalue weighted by molar-refractivity contribution is -0.132. The van der Waals surface area contributed by atoms with Crippen molar-refractivity contribution in [3.63, 3.8) is 0 Å². The molecule has 2 nitrogen and oxygen atoms in total. The maximum absolute atomic E-state index is 13.4. The Kier molecular flexibility index (Phi) is 5.55. The molecule has 1 aromatic carbocycles. The van der Waals surface area contributed by atoms with Gasteiger partial charge in [0.05, 0.1) is 5.02 Å². The molecule has 0 N–H and O–H groups in total. The number of Topliss-reactive ketones (excluding diaryl/α,β-unsaturated/α-hetero) is 1. The fraction of sp³-hybridized carbons (Fsp3) is 0.562. The van der Waals surface area contributed by atoms with Crippen LogP contribution in [0.2, 0.25) is 5.02 Å². The molecular formula is C16H20ClFO2. The van der Waals surface area contributed by atoms with Crippen LogP contribution < -0.4 is 0 Å². The first-order chi connectivity index (χ1) is 9.61. The zero-order valence-corrected chi connectivity index (χ0v) is 12.5. The molecule has 4 heteroatoms. The second-order valence-corrected chi connectivity index (χ2v) is 5.85. The smallest absolute Gasteiger partial charge is 0.166 e. The fourth-order valence-electron chi connectivity index (χ4n) is 2.98. The van der Waals surface area contributed by atoms with Crippen LogP contribution in [0.15, 0.2) is 18.2 Å². The number of hydrogen-bond acceptors (Lipinski definition) is 2. The van der Waals surface area contributed by atoms with Gasteiger partial charge in [-0.15, -0.1) is 0 Å². The molecule has 1 atom stereocenters. The number of carbonyl (C=O) groups excluding carboxylic acids is 1. The van der Waals surface area contributed by atoms with E-state index in [0.717, 1.165) is 25.7 Å². The number of halogens is 2. The van der Waals surface area contributed by atoms with Crippen LogP contribution in [0, 0.1) is 11.7 Å². The molecule has 0 spiro atoms. The lowest BCUT2D eigenvalue weighted by Gasteiger charge is -2.28. The van der Waals surface area contributed by atoms with E-state index in [1.807, 2.05) is 0 Å². The number of ketones is 1. The minimum atomic E-state index is -0.483. The Morgan fingerprint density at radius 2 is 2.10 bits per heavy atom. The first-order valence-corrected chi connectivity index (χ1v) is 7.49. The molecule has 0 heterocycles. The van der Waals surface area contributed by atoms with E-state index in [4.69, 9.17) is 16.3 Å². The van der Waals surface area contributed by atoms with Crippen LogP contribution in [0.3, 0.4) is 0 Å². The van der Waals surface area contributed by atoms with Crippen molar-refractivity contribution in [2.45, 2.75) is 44.6 Å². The third kappa shape index (κ3) is 3.80. The monoisotopic (exact) mass is 298 g/mol. The van der Waals surface area contributed by atoms with E-state index in [9.17, 15) is 9.18 Å². The van der Waals surface area contributed by atoms with Gasteiger partial charge in [0.15, 0.2) is 5.78 Å². The highest BCUT2D eigenvalue weighted by atomic mass is 35.5. The molecule has 2 rings (SSSR count). The summed E-state index contributed by atoms with van der Waals surface area (Å²) >= 11 is 5.64. The average Bonchev–Trinajstić information content (AvgIpc) is 2.45. The van der Waals surface area contributed by atoms with Gasteiger partial charge >= 0.3 is 0 Å². The molecule has 0 saturated heterocycles. The Hall–Kier alpha value is -0.930. The Morgan fingerprint density at radius 1 is 1.40 bits per heavy atom. The van der Waals surface area contributed by atoms with Crippen molar-refractivity contribution in [3.8, 4) is 0 Å². The fourth-order valence-corrected chi connectivity index (χ4v) is 3.09. The predicted molar refractivity (Wildman–Crippen MR) is 77.5 cm³/mol. The van der Waals surface area contributed by atoms with Crippen LogP contribution in [0.5, 0.6) is 0 Å². The van der Waals surface area contributed by atoms with Crippen LogP contribution in [-0.4, -0.2) is 19.0 Å². The molecule has 0 radical (unpaired) electrons. The molecule has 0 aliphatic heterocycles. The Balaban J connectivity index is 2.02. The zero-order valence-electron chi connectivity index (χ0n) is 11.7. The number of benzene rings is 1. The SMILES string of the molecule is COC(C(=O)Cc1ccc(Cl)c(F)c1)C1CCCCC1. The van der Waals surface area contributed by atoms with Gasteiger partial charge < -0.3 is 4.74 Å². The lowest BCUT2D eigenvalue weighted by atomic mass is 9.82. The second-order valence-electron chi connectivity index (χ2n) is 5.45. The molecule has 0 aromatic heterocycles. The van der Waals surface area contributed by atoms with Crippen molar-refractivity contribution in [2.24, 2.45) is 5.92 Å². The van der Waals surface area contributed by atoms with E-state index >= 15 is 0 Å². The predicted octanol–water partition coefficient (Wildman–Crippen LogP) is 4.19. The van der Waals surface area contributed by atoms with Crippen molar-refractivity contribution in [1.82, 2.24) is 0 Å². The highest BCUT2D eigenvalue weighted by Crippen LogP contribution is 2.29. The summed E-state index contributed by atoms with van der Waals surface area (Å²) in [5.74, 6) is -0.150. The topological polar surface area (TPSA) is 26.3 Å². The van der Waals surface area contributed by atoms with Gasteiger partial charge in [0.2, 0.25) is 0 Å². The summed E-state index contributed by atoms with van der Waals surface area (Å²) in [6, 6.07) is 4.51. The summed E-state index contributed by atoms with van der Waals surface area (Å²) in [7, 11) is 1.58. The van der Waals surface area contributed by atoms with Crippen LogP contribution in [0.1, 0.15) is 37.7 Å². The summed E-state index contributed by atoms with van der Waals surface area (Å²) in [4.78, 5) is 12.4. The van der Waals surface area contributed by atoms with Crippen LogP contribution in [-0.2, 0) is 16.0 Å². The third-order valence-corrected chi connectivity index (χ3v) is 4.32. The summed E-state index contributed by atoms with van der Waals surface area (Å²) in [5, 5.41) is 0.0803. The van der Waals surface area contributed by atoms with Gasteiger partial charge in [0, 0.05) is 13.5 Å². The van der Waals surface area contributed by atoms with E-state index in [1.165, 1.54) is 18.6 Å². The van der Waals surface area contributed by atoms with Crippen LogP contribution in [0.4, 0.5) is 4.39 Å². The quantitative estimate of drug-likeness (QED) is 0.815. The van der Waals surface area contributed by atoms with Gasteiger partial charge in [-0.2, -0.15) is 0 Å². The molecule has 1 unspecified atom stereocenters. The number of rotatable bonds is 5. The average molecular weight is 299 g/mol. The summed E-state index contributed by atoms with van der Waals surface area (Å²) in [5.41, 5.74) is 0.648. The largest absolute Gasteiger partial charge is 0.373 e. The standard InChI is InChI=1S/C16H20ClFO2/c1-20-16(12-5-3-2-4-6-12)15(19)10-11-7-8-13(17)14(18)9-11/h7-9,12,16H,2-6,10H2,1H3. The molecule has 1 saturated carbocycles. The van der Waals surface area contributed by atoms with Crippen molar-refractivity contribution in [1.29, 1.82) is 0 Å². The molecule has 0 bridgehead atoms. The van der Waals surface area contributed by atoms with Gasteiger partial charge in [-0.25, -0.2) is 4.39 Å². The molecule has 1 aromatic rings. The molecule has 1 aliphatic carbocycles. The van der Waals surface area contributed by atoms with E-state index in [0.29, 0.717) is 11.5 Å². The maximum Gasteiger partial charge on any atom is 0.166 e. The Bertz CT molecular complexity index is 470. The zero-order chi connectivity index (χ0) is 14.5. The van der Waals surface area contributed by atoms with Gasteiger partial charge in [-0.05, 0) is 36.5 Å². The first kappa shape index (κ1) is 15.5. The number of methoxy groups -OCH3 is 1. The lowest BCUT2D eigenvalue weighted by Crippen LogP contribution is -2.34. The van der Waals surface area contributed by atoms with E-state index < -0.39 is 5.82 Å². The number of carbonyl (C=O) groups is 1. The van der Waals surface area contributed by atoms with Crippen LogP contribution in [0.25, 0.3) is 0 Å². The van der Waals surface area contributed by atoms with E-state index in [2.05, 4.69) is 0 Å². The first-order valence-electron chi connectivity index (χ1n) is 7.11. The second kappa shape index (κ2) is 7.19. The minimum absolute atomic E-state index is 0.0288. The molecule has 1 fully saturated rings. The summed E-state index contributed by atoms with van der Waals surface area (Å²) in [6.45, 7) is 0. The minimum Gasteiger partial charge on any atom is -0.373 e. The van der Waals surface area contributed by atoms with Crippen LogP contribution >= 0.6 is 11.6 Å². The summed E-state index contributed by atoms with van der Waals surface area (Å²) < 4.78 is 18.8. The molecule has 1 aliphatic rings. The van der Waals surface area contributed by atoms with E-state index in [-0.39, 0.29) is 23.3 Å². The number of hydrogen-bond donors (Lipinski definition) is 0. The van der Waals surface area contributed by atoms with Gasteiger partial charge in [-0.3, -0.25) is 4.79 Å². The highest BCUT2D eigenvalue weighted by molar-refractivity contribution is 6.30. The Morgan fingerprint density at radius 3 is 2.70 bits per heavy atom. The molecule has 20 heavy (non-hydrogen) atoms. The molecule has 110 valence electrons. The molecule has 0 amide bonds. The van der Waals surface area contributed by atoms with Crippen molar-refractivity contribution in [2.75, 3.05) is 7.11 Å². The van der Waals surface area contributed by atoms with Gasteiger partial charge in [-0.1, -0.05) is 36.9 Å². The van der Waals surface area contributed by atoms with Crippen molar-refractivity contribution < 1.29 is 13.9 Å². The van der Waals surface area contributed by atoms with E-state index in [1.54, 1.807) is 13.2 Å². The van der Waals surface area contributed by atoms with Crippen molar-refractivity contribution in [3.05, 3.63) is 34.6 Å². The Labute approximate surface area is 124 Å². The normalized spacial score (nSPS) is 17.9. The maximum atomic E-state index is 13.4. The van der Waals surface area contributed by atoms with Crippen molar-refractivity contribution >= 4 is 17.4 Å². The number of ether oxygens (including phenoxy) is 1. The molecular weight excluding hydrogens is 279 g/mol. The highest BCUT2D eigenvalue weighted by Gasteiger charge is 2.29. The third-order valence-electron chi connectivity index (χ3n) is 4.01. The summed E-state index contributed by atoms with van der Waals surface area (Å²) in [6.07, 6.45) is 5.47. The van der Waals surface area contributed by atoms with Gasteiger partial charge in [0.1, 0.15) is 11.9 Å².